The molecule has 1 fully saturated rings. The van der Waals surface area contributed by atoms with E-state index in [1.807, 2.05) is 0 Å². The first-order valence-corrected chi connectivity index (χ1v) is 8.37. The molecule has 1 aliphatic rings. The molecule has 0 aromatic heterocycles. The van der Waals surface area contributed by atoms with E-state index in [1.54, 1.807) is 19.1 Å². The predicted molar refractivity (Wildman–Crippen MR) is 80.1 cm³/mol. The summed E-state index contributed by atoms with van der Waals surface area (Å²) in [5.41, 5.74) is 9.27. The zero-order chi connectivity index (χ0) is 17.9. The Morgan fingerprint density at radius 2 is 1.83 bits per heavy atom. The number of azide groups is 1. The van der Waals surface area contributed by atoms with E-state index >= 15 is 0 Å². The normalized spacial score (nSPS) is 30.6. The average Bonchev–Trinajstić information content (AvgIpc) is 2.55. The SMILES string of the molecule is Cc1ccc(S(=O)(=O)OC[C@H]2O[C@@H](N=[N+]=[N-])[C@H](O)[C@@H](O)[C@@H]2O)cc1. The molecule has 0 unspecified atom stereocenters. The number of ether oxygens (including phenoxy) is 1. The van der Waals surface area contributed by atoms with Gasteiger partial charge < -0.3 is 20.1 Å². The van der Waals surface area contributed by atoms with Gasteiger partial charge in [-0.25, -0.2) is 0 Å². The summed E-state index contributed by atoms with van der Waals surface area (Å²) in [7, 11) is -4.10. The second kappa shape index (κ2) is 7.45. The van der Waals surface area contributed by atoms with Gasteiger partial charge in [-0.05, 0) is 24.6 Å². The summed E-state index contributed by atoms with van der Waals surface area (Å²) in [6, 6.07) is 5.92. The van der Waals surface area contributed by atoms with Crippen molar-refractivity contribution in [3.63, 3.8) is 0 Å². The second-order valence-electron chi connectivity index (χ2n) is 5.29. The third kappa shape index (κ3) is 4.02. The lowest BCUT2D eigenvalue weighted by atomic mass is 9.99. The molecule has 0 aliphatic carbocycles. The lowest BCUT2D eigenvalue weighted by Gasteiger charge is -2.38. The molecular weight excluding hydrogens is 342 g/mol. The van der Waals surface area contributed by atoms with Gasteiger partial charge in [0.25, 0.3) is 10.1 Å². The zero-order valence-corrected chi connectivity index (χ0v) is 13.4. The average molecular weight is 359 g/mol. The molecule has 0 amide bonds. The maximum absolute atomic E-state index is 12.1. The van der Waals surface area contributed by atoms with Crippen molar-refractivity contribution < 1.29 is 32.7 Å². The van der Waals surface area contributed by atoms with Gasteiger partial charge in [-0.15, -0.1) is 0 Å². The summed E-state index contributed by atoms with van der Waals surface area (Å²) in [6.45, 7) is 1.17. The van der Waals surface area contributed by atoms with Crippen LogP contribution in [0.3, 0.4) is 0 Å². The van der Waals surface area contributed by atoms with E-state index in [-0.39, 0.29) is 4.90 Å². The Hall–Kier alpha value is -1.72. The molecule has 0 spiro atoms. The van der Waals surface area contributed by atoms with E-state index in [4.69, 9.17) is 14.5 Å². The molecule has 5 atom stereocenters. The fourth-order valence-electron chi connectivity index (χ4n) is 2.14. The van der Waals surface area contributed by atoms with Crippen molar-refractivity contribution in [2.75, 3.05) is 6.61 Å². The number of rotatable bonds is 5. The topological polar surface area (TPSA) is 162 Å². The number of hydrogen-bond acceptors (Lipinski definition) is 8. The van der Waals surface area contributed by atoms with Gasteiger partial charge in [0.2, 0.25) is 0 Å². The number of benzene rings is 1. The molecule has 0 saturated carbocycles. The molecule has 10 nitrogen and oxygen atoms in total. The number of aliphatic hydroxyl groups excluding tert-OH is 3. The molecule has 2 rings (SSSR count). The molecule has 3 N–H and O–H groups in total. The number of nitrogens with zero attached hydrogens (tertiary/aromatic N) is 3. The van der Waals surface area contributed by atoms with Crippen LogP contribution in [0.25, 0.3) is 10.4 Å². The van der Waals surface area contributed by atoms with Crippen molar-refractivity contribution in [3.8, 4) is 0 Å². The molecule has 24 heavy (non-hydrogen) atoms. The van der Waals surface area contributed by atoms with Crippen LogP contribution in [0.1, 0.15) is 5.56 Å². The zero-order valence-electron chi connectivity index (χ0n) is 12.6. The Morgan fingerprint density at radius 3 is 2.42 bits per heavy atom. The van der Waals surface area contributed by atoms with Crippen LogP contribution in [0.15, 0.2) is 34.3 Å². The van der Waals surface area contributed by atoms with Crippen LogP contribution >= 0.6 is 0 Å². The minimum Gasteiger partial charge on any atom is -0.388 e. The van der Waals surface area contributed by atoms with Gasteiger partial charge in [0.15, 0.2) is 6.23 Å². The van der Waals surface area contributed by atoms with E-state index in [0.717, 1.165) is 5.56 Å². The van der Waals surface area contributed by atoms with Crippen molar-refractivity contribution in [2.24, 2.45) is 5.11 Å². The third-order valence-electron chi connectivity index (χ3n) is 3.55. The van der Waals surface area contributed by atoms with Gasteiger partial charge in [0.1, 0.15) is 24.4 Å². The van der Waals surface area contributed by atoms with Crippen LogP contribution in [-0.2, 0) is 19.0 Å². The first kappa shape index (κ1) is 18.6. The molecule has 1 aromatic carbocycles. The highest BCUT2D eigenvalue weighted by Crippen LogP contribution is 2.23. The molecule has 1 aromatic rings. The van der Waals surface area contributed by atoms with Crippen LogP contribution in [0.2, 0.25) is 0 Å². The van der Waals surface area contributed by atoms with Crippen LogP contribution < -0.4 is 0 Å². The Labute approximate surface area is 138 Å². The van der Waals surface area contributed by atoms with Crippen LogP contribution in [-0.4, -0.2) is 61.0 Å². The van der Waals surface area contributed by atoms with Crippen LogP contribution in [0.5, 0.6) is 0 Å². The summed E-state index contributed by atoms with van der Waals surface area (Å²) in [6.07, 6.45) is -7.70. The van der Waals surface area contributed by atoms with Gasteiger partial charge in [0.05, 0.1) is 11.5 Å². The second-order valence-corrected chi connectivity index (χ2v) is 6.91. The van der Waals surface area contributed by atoms with Crippen molar-refractivity contribution in [3.05, 3.63) is 40.3 Å². The van der Waals surface area contributed by atoms with Crippen LogP contribution in [0.4, 0.5) is 0 Å². The number of aliphatic hydroxyl groups is 3. The number of aryl methyl sites for hydroxylation is 1. The summed E-state index contributed by atoms with van der Waals surface area (Å²) >= 11 is 0. The molecule has 1 aliphatic heterocycles. The highest BCUT2D eigenvalue weighted by Gasteiger charge is 2.43. The quantitative estimate of drug-likeness (QED) is 0.284. The monoisotopic (exact) mass is 359 g/mol. The smallest absolute Gasteiger partial charge is 0.297 e. The minimum absolute atomic E-state index is 0.0782. The first-order valence-electron chi connectivity index (χ1n) is 6.96. The molecule has 132 valence electrons. The van der Waals surface area contributed by atoms with Gasteiger partial charge in [-0.2, -0.15) is 8.42 Å². The largest absolute Gasteiger partial charge is 0.388 e. The van der Waals surface area contributed by atoms with E-state index in [1.165, 1.54) is 12.1 Å². The van der Waals surface area contributed by atoms with E-state index in [0.29, 0.717) is 0 Å². The fraction of sp³-hybridized carbons (Fsp3) is 0.538. The molecule has 0 radical (unpaired) electrons. The molecule has 11 heteroatoms. The van der Waals surface area contributed by atoms with Crippen molar-refractivity contribution in [2.45, 2.75) is 42.5 Å². The maximum Gasteiger partial charge on any atom is 0.297 e. The Morgan fingerprint density at radius 1 is 1.21 bits per heavy atom. The number of hydrogen-bond donors (Lipinski definition) is 3. The summed E-state index contributed by atoms with van der Waals surface area (Å²) in [5, 5.41) is 32.3. The molecular formula is C13H17N3O7S. The maximum atomic E-state index is 12.1. The Bertz CT molecular complexity index is 718. The third-order valence-corrected chi connectivity index (χ3v) is 4.85. The Balaban J connectivity index is 2.09. The van der Waals surface area contributed by atoms with Crippen molar-refractivity contribution in [1.82, 2.24) is 0 Å². The lowest BCUT2D eigenvalue weighted by molar-refractivity contribution is -0.225. The van der Waals surface area contributed by atoms with E-state index < -0.39 is 47.4 Å². The summed E-state index contributed by atoms with van der Waals surface area (Å²) in [4.78, 5) is 2.38. The van der Waals surface area contributed by atoms with E-state index in [9.17, 15) is 23.7 Å². The first-order chi connectivity index (χ1) is 11.3. The highest BCUT2D eigenvalue weighted by molar-refractivity contribution is 7.86. The van der Waals surface area contributed by atoms with Crippen molar-refractivity contribution in [1.29, 1.82) is 0 Å². The highest BCUT2D eigenvalue weighted by atomic mass is 32.2. The fourth-order valence-corrected chi connectivity index (χ4v) is 3.06. The molecule has 1 heterocycles. The summed E-state index contributed by atoms with van der Waals surface area (Å²) in [5.74, 6) is 0. The minimum atomic E-state index is -4.10. The Kier molecular flexibility index (Phi) is 5.78. The predicted octanol–water partition coefficient (Wildman–Crippen LogP) is -0.182. The standard InChI is InChI=1S/C13H17N3O7S/c1-7-2-4-8(5-3-7)24(20,21)22-6-9-10(17)11(18)12(19)13(23-9)15-16-14/h2-5,9-13,17-19H,6H2,1H3/t9-,10-,11+,12-,13-/m1/s1. The van der Waals surface area contributed by atoms with Crippen molar-refractivity contribution >= 4 is 10.1 Å². The molecule has 1 saturated heterocycles. The lowest BCUT2D eigenvalue weighted by Crippen LogP contribution is -2.58. The van der Waals surface area contributed by atoms with Gasteiger partial charge in [0, 0.05) is 4.91 Å². The molecule has 0 bridgehead atoms. The van der Waals surface area contributed by atoms with Gasteiger partial charge >= 0.3 is 0 Å². The van der Waals surface area contributed by atoms with Gasteiger partial charge in [-0.3, -0.25) is 4.18 Å². The van der Waals surface area contributed by atoms with Gasteiger partial charge in [-0.1, -0.05) is 22.8 Å². The van der Waals surface area contributed by atoms with E-state index in [2.05, 4.69) is 10.0 Å². The summed E-state index contributed by atoms with van der Waals surface area (Å²) < 4.78 is 34.1. The van der Waals surface area contributed by atoms with Crippen LogP contribution in [0, 0.1) is 6.92 Å².